The van der Waals surface area contributed by atoms with E-state index in [4.69, 9.17) is 10.6 Å². The summed E-state index contributed by atoms with van der Waals surface area (Å²) in [5.41, 5.74) is 8.56. The highest BCUT2D eigenvalue weighted by Gasteiger charge is 2.21. The number of carbonyl (C=O) groups is 1. The van der Waals surface area contributed by atoms with Crippen LogP contribution in [-0.2, 0) is 16.1 Å². The average Bonchev–Trinajstić information content (AvgIpc) is 3.25. The summed E-state index contributed by atoms with van der Waals surface area (Å²) in [4.78, 5) is 21.5. The molecule has 0 aliphatic carbocycles. The van der Waals surface area contributed by atoms with Crippen LogP contribution in [0, 0.1) is 6.92 Å². The zero-order chi connectivity index (χ0) is 17.6. The standard InChI is InChI=1S/C17H19N5O2S/c1-12-19-14(11-25-12)9-16(18)21-24-10-17(23)22-8-7-15(20-22)13-5-3-2-4-6-13/h2-6,11H,7-10H2,1H3,(H2,18,21). The lowest BCUT2D eigenvalue weighted by molar-refractivity contribution is -0.135. The number of hydrazone groups is 1. The molecule has 0 bridgehead atoms. The summed E-state index contributed by atoms with van der Waals surface area (Å²) >= 11 is 1.55. The fourth-order valence-corrected chi connectivity index (χ4v) is 3.04. The van der Waals surface area contributed by atoms with Crippen LogP contribution in [0.4, 0.5) is 0 Å². The predicted molar refractivity (Wildman–Crippen MR) is 97.4 cm³/mol. The van der Waals surface area contributed by atoms with Gasteiger partial charge in [-0.25, -0.2) is 9.99 Å². The zero-order valence-electron chi connectivity index (χ0n) is 13.9. The molecule has 1 aliphatic rings. The minimum Gasteiger partial charge on any atom is -0.384 e. The van der Waals surface area contributed by atoms with Gasteiger partial charge in [0.2, 0.25) is 0 Å². The van der Waals surface area contributed by atoms with Gasteiger partial charge in [0, 0.05) is 11.8 Å². The maximum Gasteiger partial charge on any atom is 0.283 e. The van der Waals surface area contributed by atoms with Crippen molar-refractivity contribution in [3.63, 3.8) is 0 Å². The van der Waals surface area contributed by atoms with Gasteiger partial charge in [0.15, 0.2) is 6.61 Å². The number of nitrogens with zero attached hydrogens (tertiary/aromatic N) is 4. The Morgan fingerprint density at radius 3 is 2.92 bits per heavy atom. The van der Waals surface area contributed by atoms with E-state index in [1.807, 2.05) is 42.6 Å². The number of thiazole rings is 1. The second kappa shape index (κ2) is 7.89. The molecule has 0 saturated heterocycles. The number of amidine groups is 1. The van der Waals surface area contributed by atoms with Gasteiger partial charge in [-0.15, -0.1) is 11.3 Å². The highest BCUT2D eigenvalue weighted by molar-refractivity contribution is 7.09. The van der Waals surface area contributed by atoms with Crippen LogP contribution in [0.1, 0.15) is 22.7 Å². The van der Waals surface area contributed by atoms with E-state index < -0.39 is 0 Å². The molecule has 0 radical (unpaired) electrons. The largest absolute Gasteiger partial charge is 0.384 e. The third-order valence-corrected chi connectivity index (χ3v) is 4.42. The van der Waals surface area contributed by atoms with Gasteiger partial charge in [0.1, 0.15) is 5.84 Å². The van der Waals surface area contributed by atoms with Crippen molar-refractivity contribution < 1.29 is 9.63 Å². The summed E-state index contributed by atoms with van der Waals surface area (Å²) < 4.78 is 0. The Morgan fingerprint density at radius 1 is 1.40 bits per heavy atom. The molecule has 3 rings (SSSR count). The lowest BCUT2D eigenvalue weighted by Crippen LogP contribution is -2.27. The van der Waals surface area contributed by atoms with E-state index >= 15 is 0 Å². The van der Waals surface area contributed by atoms with E-state index in [0.29, 0.717) is 13.0 Å². The Morgan fingerprint density at radius 2 is 2.20 bits per heavy atom. The smallest absolute Gasteiger partial charge is 0.283 e. The van der Waals surface area contributed by atoms with Crippen molar-refractivity contribution in [2.45, 2.75) is 19.8 Å². The van der Waals surface area contributed by atoms with Gasteiger partial charge in [-0.05, 0) is 12.5 Å². The molecule has 1 amide bonds. The highest BCUT2D eigenvalue weighted by atomic mass is 32.1. The lowest BCUT2D eigenvalue weighted by Gasteiger charge is -2.10. The third-order valence-electron chi connectivity index (χ3n) is 3.60. The van der Waals surface area contributed by atoms with Gasteiger partial charge < -0.3 is 10.6 Å². The first-order valence-electron chi connectivity index (χ1n) is 7.90. The van der Waals surface area contributed by atoms with E-state index in [9.17, 15) is 4.79 Å². The Bertz CT molecular complexity index is 800. The molecule has 8 heteroatoms. The average molecular weight is 357 g/mol. The van der Waals surface area contributed by atoms with Crippen molar-refractivity contribution in [3.8, 4) is 0 Å². The Kier molecular flexibility index (Phi) is 5.39. The maximum atomic E-state index is 12.1. The second-order valence-electron chi connectivity index (χ2n) is 5.57. The number of rotatable bonds is 6. The minimum atomic E-state index is -0.244. The summed E-state index contributed by atoms with van der Waals surface area (Å²) in [7, 11) is 0. The SMILES string of the molecule is Cc1nc(C/C(N)=N/OCC(=O)N2CCC(c3ccccc3)=N2)cs1. The quantitative estimate of drug-likeness (QED) is 0.485. The van der Waals surface area contributed by atoms with E-state index in [2.05, 4.69) is 15.2 Å². The number of oxime groups is 1. The molecular weight excluding hydrogens is 338 g/mol. The second-order valence-corrected chi connectivity index (χ2v) is 6.63. The Labute approximate surface area is 149 Å². The van der Waals surface area contributed by atoms with E-state index in [0.717, 1.165) is 28.4 Å². The number of hydrogen-bond acceptors (Lipinski definition) is 6. The summed E-state index contributed by atoms with van der Waals surface area (Å²) in [6, 6.07) is 9.81. The molecule has 1 aromatic carbocycles. The van der Waals surface area contributed by atoms with Crippen LogP contribution in [-0.4, -0.2) is 40.6 Å². The van der Waals surface area contributed by atoms with Gasteiger partial charge >= 0.3 is 0 Å². The van der Waals surface area contributed by atoms with Crippen molar-refractivity contribution in [2.75, 3.05) is 13.2 Å². The first-order chi connectivity index (χ1) is 12.1. The molecule has 1 aromatic heterocycles. The molecular formula is C17H19N5O2S. The lowest BCUT2D eigenvalue weighted by atomic mass is 10.1. The van der Waals surface area contributed by atoms with E-state index in [1.165, 1.54) is 5.01 Å². The molecule has 7 nitrogen and oxygen atoms in total. The fraction of sp³-hybridized carbons (Fsp3) is 0.294. The van der Waals surface area contributed by atoms with Gasteiger partial charge in [0.25, 0.3) is 5.91 Å². The molecule has 2 heterocycles. The van der Waals surface area contributed by atoms with Crippen LogP contribution in [0.3, 0.4) is 0 Å². The van der Waals surface area contributed by atoms with Crippen LogP contribution >= 0.6 is 11.3 Å². The van der Waals surface area contributed by atoms with Gasteiger partial charge in [0.05, 0.1) is 29.4 Å². The summed E-state index contributed by atoms with van der Waals surface area (Å²) in [5, 5.41) is 12.4. The molecule has 0 atom stereocenters. The third kappa shape index (κ3) is 4.63. The van der Waals surface area contributed by atoms with Gasteiger partial charge in [-0.1, -0.05) is 35.5 Å². The van der Waals surface area contributed by atoms with Crippen LogP contribution in [0.15, 0.2) is 46.0 Å². The minimum absolute atomic E-state index is 0.192. The highest BCUT2D eigenvalue weighted by Crippen LogP contribution is 2.13. The Hall–Kier alpha value is -2.74. The topological polar surface area (TPSA) is 93.2 Å². The molecule has 130 valence electrons. The number of aromatic nitrogens is 1. The number of amides is 1. The monoisotopic (exact) mass is 357 g/mol. The number of aryl methyl sites for hydroxylation is 1. The summed E-state index contributed by atoms with van der Waals surface area (Å²) in [6.07, 6.45) is 1.13. The van der Waals surface area contributed by atoms with Crippen molar-refractivity contribution in [3.05, 3.63) is 52.0 Å². The van der Waals surface area contributed by atoms with Crippen molar-refractivity contribution in [2.24, 2.45) is 16.0 Å². The Balaban J connectivity index is 1.49. The van der Waals surface area contributed by atoms with Gasteiger partial charge in [-0.3, -0.25) is 4.79 Å². The van der Waals surface area contributed by atoms with Crippen molar-refractivity contribution >= 4 is 28.8 Å². The molecule has 0 fully saturated rings. The normalized spacial score (nSPS) is 14.5. The number of carbonyl (C=O) groups excluding carboxylic acids is 1. The molecule has 0 spiro atoms. The number of hydrogen-bond donors (Lipinski definition) is 1. The van der Waals surface area contributed by atoms with E-state index in [-0.39, 0.29) is 18.3 Å². The van der Waals surface area contributed by atoms with E-state index in [1.54, 1.807) is 11.3 Å². The van der Waals surface area contributed by atoms with Crippen LogP contribution < -0.4 is 5.73 Å². The van der Waals surface area contributed by atoms with Crippen LogP contribution in [0.5, 0.6) is 0 Å². The molecule has 2 aromatic rings. The summed E-state index contributed by atoms with van der Waals surface area (Å²) in [6.45, 7) is 2.28. The van der Waals surface area contributed by atoms with Crippen molar-refractivity contribution in [1.82, 2.24) is 9.99 Å². The fourth-order valence-electron chi connectivity index (χ4n) is 2.42. The van der Waals surface area contributed by atoms with Crippen LogP contribution in [0.2, 0.25) is 0 Å². The molecule has 25 heavy (non-hydrogen) atoms. The zero-order valence-corrected chi connectivity index (χ0v) is 14.7. The molecule has 2 N–H and O–H groups in total. The number of nitrogens with two attached hydrogens (primary N) is 1. The first kappa shape index (κ1) is 17.1. The van der Waals surface area contributed by atoms with Crippen LogP contribution in [0.25, 0.3) is 0 Å². The molecule has 0 unspecified atom stereocenters. The maximum absolute atomic E-state index is 12.1. The molecule has 0 saturated carbocycles. The predicted octanol–water partition coefficient (Wildman–Crippen LogP) is 1.92. The summed E-state index contributed by atoms with van der Waals surface area (Å²) in [5.74, 6) is 0.0416. The van der Waals surface area contributed by atoms with Crippen molar-refractivity contribution in [1.29, 1.82) is 0 Å². The molecule has 1 aliphatic heterocycles. The van der Waals surface area contributed by atoms with Gasteiger partial charge in [-0.2, -0.15) is 5.10 Å². The first-order valence-corrected chi connectivity index (χ1v) is 8.78. The number of benzene rings is 1.